The van der Waals surface area contributed by atoms with Gasteiger partial charge < -0.3 is 0 Å². The molecule has 1 N–H and O–H groups in total. The lowest BCUT2D eigenvalue weighted by Crippen LogP contribution is -2.21. The smallest absolute Gasteiger partial charge is 0.271 e. The molecule has 0 bridgehead atoms. The highest BCUT2D eigenvalue weighted by Crippen LogP contribution is 2.25. The minimum absolute atomic E-state index is 0.0481. The van der Waals surface area contributed by atoms with E-state index in [1.807, 2.05) is 6.07 Å². The summed E-state index contributed by atoms with van der Waals surface area (Å²) in [7, 11) is 0. The lowest BCUT2D eigenvalue weighted by atomic mass is 9.88. The fraction of sp³-hybridized carbons (Fsp3) is 0.600. The predicted octanol–water partition coefficient (Wildman–Crippen LogP) is 3.01. The van der Waals surface area contributed by atoms with Gasteiger partial charge in [0, 0.05) is 11.5 Å². The van der Waals surface area contributed by atoms with Crippen LogP contribution in [0, 0.1) is 0 Å². The lowest BCUT2D eigenvalue weighted by Gasteiger charge is -2.18. The topological polar surface area (TPSA) is 50.2 Å². The third kappa shape index (κ3) is 2.44. The minimum atomic E-state index is -0.0552. The Morgan fingerprint density at radius 3 is 2.37 bits per heavy atom. The number of hydrogen-bond donors (Lipinski definition) is 1. The first-order valence-electron chi connectivity index (χ1n) is 6.79. The summed E-state index contributed by atoms with van der Waals surface area (Å²) in [4.78, 5) is 16.8. The van der Waals surface area contributed by atoms with Gasteiger partial charge in [-0.3, -0.25) is 9.89 Å². The number of nitrogens with one attached hydrogen (secondary N) is 1. The highest BCUT2D eigenvalue weighted by molar-refractivity contribution is 5.43. The van der Waals surface area contributed by atoms with Crippen LogP contribution in [0.5, 0.6) is 0 Å². The van der Waals surface area contributed by atoms with Crippen molar-refractivity contribution in [2.45, 2.75) is 58.8 Å². The molecule has 0 saturated carbocycles. The summed E-state index contributed by atoms with van der Waals surface area (Å²) >= 11 is 0. The summed E-state index contributed by atoms with van der Waals surface area (Å²) in [5, 5.41) is 3.13. The van der Waals surface area contributed by atoms with E-state index in [0.717, 1.165) is 17.8 Å². The van der Waals surface area contributed by atoms with Crippen molar-refractivity contribution in [2.75, 3.05) is 0 Å². The van der Waals surface area contributed by atoms with Gasteiger partial charge in [-0.1, -0.05) is 41.5 Å². The first kappa shape index (κ1) is 13.8. The molecule has 0 aromatic carbocycles. The van der Waals surface area contributed by atoms with Crippen LogP contribution < -0.4 is 5.56 Å². The third-order valence-corrected chi connectivity index (χ3v) is 3.85. The first-order valence-corrected chi connectivity index (χ1v) is 6.79. The monoisotopic (exact) mass is 261 g/mol. The van der Waals surface area contributed by atoms with Crippen molar-refractivity contribution in [3.8, 4) is 0 Å². The highest BCUT2D eigenvalue weighted by Gasteiger charge is 2.23. The van der Waals surface area contributed by atoms with Crippen molar-refractivity contribution in [3.63, 3.8) is 0 Å². The van der Waals surface area contributed by atoms with Crippen LogP contribution in [0.15, 0.2) is 16.9 Å². The third-order valence-electron chi connectivity index (χ3n) is 3.85. The number of nitrogens with zero attached hydrogens (tertiary/aromatic N) is 2. The summed E-state index contributed by atoms with van der Waals surface area (Å²) in [6, 6.07) is 3.68. The van der Waals surface area contributed by atoms with E-state index in [4.69, 9.17) is 0 Å². The lowest BCUT2D eigenvalue weighted by molar-refractivity contribution is 0.472. The number of aromatic nitrogens is 3. The molecule has 0 aliphatic rings. The van der Waals surface area contributed by atoms with E-state index in [1.165, 1.54) is 4.52 Å². The fourth-order valence-electron chi connectivity index (χ4n) is 1.90. The maximum absolute atomic E-state index is 12.2. The molecule has 19 heavy (non-hydrogen) atoms. The molecule has 0 unspecified atom stereocenters. The van der Waals surface area contributed by atoms with Gasteiger partial charge in [-0.25, -0.2) is 9.50 Å². The maximum Gasteiger partial charge on any atom is 0.271 e. The van der Waals surface area contributed by atoms with Gasteiger partial charge in [-0.15, -0.1) is 0 Å². The van der Waals surface area contributed by atoms with Gasteiger partial charge in [0.25, 0.3) is 5.56 Å². The molecule has 0 saturated heterocycles. The quantitative estimate of drug-likeness (QED) is 0.903. The second kappa shape index (κ2) is 4.22. The first-order chi connectivity index (χ1) is 8.65. The van der Waals surface area contributed by atoms with Gasteiger partial charge in [-0.05, 0) is 23.5 Å². The number of aromatic amines is 1. The molecule has 0 amide bonds. The molecule has 0 aliphatic heterocycles. The fourth-order valence-corrected chi connectivity index (χ4v) is 1.90. The van der Waals surface area contributed by atoms with Crippen LogP contribution in [0.2, 0.25) is 0 Å². The van der Waals surface area contributed by atoms with Crippen LogP contribution in [0.4, 0.5) is 0 Å². The van der Waals surface area contributed by atoms with Gasteiger partial charge in [-0.2, -0.15) is 0 Å². The van der Waals surface area contributed by atoms with Gasteiger partial charge in [0.15, 0.2) is 5.65 Å². The molecule has 0 atom stereocenters. The summed E-state index contributed by atoms with van der Waals surface area (Å²) in [6.45, 7) is 12.7. The van der Waals surface area contributed by atoms with Crippen molar-refractivity contribution < 1.29 is 0 Å². The number of fused-ring (bicyclic) bond motifs is 1. The standard InChI is InChI=1S/C15H23N3O/c1-7-15(5,6)13-16-11-8-10(14(2,3)4)9-12(19)18(11)17-13/h8-9H,7H2,1-6H3,(H,16,17). The SMILES string of the molecule is CCC(C)(C)c1nc2cc(C(C)(C)C)cc(=O)n2[nH]1. The van der Waals surface area contributed by atoms with Crippen LogP contribution in [-0.2, 0) is 10.8 Å². The van der Waals surface area contributed by atoms with Crippen molar-refractivity contribution in [2.24, 2.45) is 0 Å². The summed E-state index contributed by atoms with van der Waals surface area (Å²) in [6.07, 6.45) is 0.966. The van der Waals surface area contributed by atoms with E-state index in [0.29, 0.717) is 5.65 Å². The minimum Gasteiger partial charge on any atom is -0.276 e. The number of hydrogen-bond acceptors (Lipinski definition) is 2. The Morgan fingerprint density at radius 1 is 1.21 bits per heavy atom. The molecule has 104 valence electrons. The van der Waals surface area contributed by atoms with Gasteiger partial charge in [0.1, 0.15) is 5.82 Å². The van der Waals surface area contributed by atoms with Crippen molar-refractivity contribution in [1.82, 2.24) is 14.6 Å². The predicted molar refractivity (Wildman–Crippen MR) is 77.8 cm³/mol. The zero-order chi connectivity index (χ0) is 14.4. The Kier molecular flexibility index (Phi) is 3.07. The molecule has 2 heterocycles. The van der Waals surface area contributed by atoms with E-state index in [-0.39, 0.29) is 16.4 Å². The van der Waals surface area contributed by atoms with Crippen LogP contribution in [0.25, 0.3) is 5.65 Å². The zero-order valence-electron chi connectivity index (χ0n) is 12.7. The van der Waals surface area contributed by atoms with Crippen LogP contribution in [0.1, 0.15) is 59.4 Å². The van der Waals surface area contributed by atoms with E-state index in [1.54, 1.807) is 6.07 Å². The Hall–Kier alpha value is -1.58. The molecule has 2 rings (SSSR count). The molecule has 0 radical (unpaired) electrons. The summed E-state index contributed by atoms with van der Waals surface area (Å²) < 4.78 is 1.53. The normalized spacial score (nSPS) is 13.2. The number of pyridine rings is 1. The van der Waals surface area contributed by atoms with Gasteiger partial charge in [0.2, 0.25) is 0 Å². The maximum atomic E-state index is 12.2. The van der Waals surface area contributed by atoms with Crippen molar-refractivity contribution in [3.05, 3.63) is 33.9 Å². The number of rotatable bonds is 2. The van der Waals surface area contributed by atoms with Crippen LogP contribution >= 0.6 is 0 Å². The largest absolute Gasteiger partial charge is 0.276 e. The average molecular weight is 261 g/mol. The Morgan fingerprint density at radius 2 is 1.84 bits per heavy atom. The molecular formula is C15H23N3O. The molecule has 0 spiro atoms. The molecule has 4 heteroatoms. The average Bonchev–Trinajstić information content (AvgIpc) is 2.73. The van der Waals surface area contributed by atoms with Crippen molar-refractivity contribution >= 4 is 5.65 Å². The Labute approximate surface area is 113 Å². The second-order valence-corrected chi connectivity index (χ2v) is 6.84. The van der Waals surface area contributed by atoms with Crippen molar-refractivity contribution in [1.29, 1.82) is 0 Å². The summed E-state index contributed by atoms with van der Waals surface area (Å²) in [5.41, 5.74) is 1.57. The van der Waals surface area contributed by atoms with Crippen LogP contribution in [-0.4, -0.2) is 14.6 Å². The molecular weight excluding hydrogens is 238 g/mol. The zero-order valence-corrected chi connectivity index (χ0v) is 12.7. The molecule has 0 aliphatic carbocycles. The Balaban J connectivity index is 2.67. The second-order valence-electron chi connectivity index (χ2n) is 6.84. The molecule has 2 aromatic heterocycles. The Bertz CT molecular complexity index is 656. The highest BCUT2D eigenvalue weighted by atomic mass is 16.1. The summed E-state index contributed by atoms with van der Waals surface area (Å²) in [5.74, 6) is 0.859. The number of H-pyrrole nitrogens is 1. The van der Waals surface area contributed by atoms with Crippen LogP contribution in [0.3, 0.4) is 0 Å². The molecule has 4 nitrogen and oxygen atoms in total. The van der Waals surface area contributed by atoms with E-state index in [9.17, 15) is 4.79 Å². The van der Waals surface area contributed by atoms with Gasteiger partial charge in [0.05, 0.1) is 0 Å². The van der Waals surface area contributed by atoms with Gasteiger partial charge >= 0.3 is 0 Å². The molecule has 2 aromatic rings. The van der Waals surface area contributed by atoms with E-state index < -0.39 is 0 Å². The molecule has 0 fully saturated rings. The van der Waals surface area contributed by atoms with E-state index >= 15 is 0 Å². The van der Waals surface area contributed by atoms with E-state index in [2.05, 4.69) is 51.6 Å².